The molecule has 0 aliphatic carbocycles. The normalized spacial score (nSPS) is 16.4. The molecule has 0 atom stereocenters. The van der Waals surface area contributed by atoms with E-state index >= 15 is 0 Å². The van der Waals surface area contributed by atoms with Crippen LogP contribution in [0.15, 0.2) is 12.3 Å². The van der Waals surface area contributed by atoms with Gasteiger partial charge >= 0.3 is 0 Å². The molecule has 2 nitrogen and oxygen atoms in total. The molecule has 2 heterocycles. The topological polar surface area (TPSA) is 16.1 Å². The van der Waals surface area contributed by atoms with Gasteiger partial charge < -0.3 is 0 Å². The summed E-state index contributed by atoms with van der Waals surface area (Å²) in [5.41, 5.74) is 3.75. The molecular weight excluding hydrogens is 191 g/mol. The number of alkyl halides is 1. The largest absolute Gasteiger partial charge is 0.299 e. The average Bonchev–Trinajstić information content (AvgIpc) is 2.25. The summed E-state index contributed by atoms with van der Waals surface area (Å²) < 4.78 is 12.1. The van der Waals surface area contributed by atoms with E-state index in [0.717, 1.165) is 26.1 Å². The first-order chi connectivity index (χ1) is 7.29. The number of nitrogens with zero attached hydrogens (tertiary/aromatic N) is 2. The first-order valence-corrected chi connectivity index (χ1v) is 5.52. The smallest absolute Gasteiger partial charge is 0.0906 e. The second kappa shape index (κ2) is 4.71. The van der Waals surface area contributed by atoms with Crippen LogP contribution in [0.2, 0.25) is 0 Å². The maximum absolute atomic E-state index is 12.1. The maximum Gasteiger partial charge on any atom is 0.0906 e. The van der Waals surface area contributed by atoms with Crippen LogP contribution in [0.4, 0.5) is 4.39 Å². The van der Waals surface area contributed by atoms with Crippen molar-refractivity contribution in [3.63, 3.8) is 0 Å². The molecule has 1 aliphatic rings. The molecule has 82 valence electrons. The van der Waals surface area contributed by atoms with Crippen molar-refractivity contribution in [3.05, 3.63) is 29.1 Å². The van der Waals surface area contributed by atoms with Gasteiger partial charge in [-0.15, -0.1) is 0 Å². The van der Waals surface area contributed by atoms with E-state index in [-0.39, 0.29) is 6.67 Å². The summed E-state index contributed by atoms with van der Waals surface area (Å²) in [7, 11) is 0. The van der Waals surface area contributed by atoms with Gasteiger partial charge in [-0.05, 0) is 24.5 Å². The zero-order valence-corrected chi connectivity index (χ0v) is 9.17. The Morgan fingerprint density at radius 2 is 2.40 bits per heavy atom. The highest BCUT2D eigenvalue weighted by Gasteiger charge is 2.16. The van der Waals surface area contributed by atoms with Gasteiger partial charge in [0.05, 0.1) is 6.67 Å². The fourth-order valence-corrected chi connectivity index (χ4v) is 2.08. The van der Waals surface area contributed by atoms with Gasteiger partial charge in [0, 0.05) is 37.9 Å². The van der Waals surface area contributed by atoms with E-state index < -0.39 is 0 Å². The molecule has 0 saturated heterocycles. The number of halogens is 1. The molecule has 1 aliphatic heterocycles. The monoisotopic (exact) mass is 208 g/mol. The molecule has 3 heteroatoms. The van der Waals surface area contributed by atoms with E-state index in [1.165, 1.54) is 16.8 Å². The number of pyridine rings is 1. The highest BCUT2D eigenvalue weighted by Crippen LogP contribution is 2.17. The van der Waals surface area contributed by atoms with Gasteiger partial charge in [-0.2, -0.15) is 0 Å². The number of hydrogen-bond donors (Lipinski definition) is 0. The Hall–Kier alpha value is -0.960. The predicted molar refractivity (Wildman–Crippen MR) is 58.5 cm³/mol. The van der Waals surface area contributed by atoms with Gasteiger partial charge in [-0.3, -0.25) is 14.3 Å². The second-order valence-corrected chi connectivity index (χ2v) is 4.19. The van der Waals surface area contributed by atoms with Crippen molar-refractivity contribution < 1.29 is 4.39 Å². The van der Waals surface area contributed by atoms with Crippen molar-refractivity contribution in [2.75, 3.05) is 19.8 Å². The van der Waals surface area contributed by atoms with E-state index in [4.69, 9.17) is 0 Å². The highest BCUT2D eigenvalue weighted by molar-refractivity contribution is 5.26. The van der Waals surface area contributed by atoms with Crippen LogP contribution in [-0.4, -0.2) is 29.6 Å². The van der Waals surface area contributed by atoms with Crippen LogP contribution < -0.4 is 0 Å². The lowest BCUT2D eigenvalue weighted by molar-refractivity contribution is 0.239. The summed E-state index contributed by atoms with van der Waals surface area (Å²) in [5.74, 6) is 0. The van der Waals surface area contributed by atoms with Crippen molar-refractivity contribution in [1.29, 1.82) is 0 Å². The SMILES string of the molecule is Cc1cnc2c(c1)CN(CCCF)CC2. The number of aryl methyl sites for hydroxylation is 1. The van der Waals surface area contributed by atoms with Crippen molar-refractivity contribution in [2.45, 2.75) is 26.3 Å². The number of aromatic nitrogens is 1. The minimum absolute atomic E-state index is 0.213. The number of hydrogen-bond acceptors (Lipinski definition) is 2. The number of fused-ring (bicyclic) bond motifs is 1. The molecule has 0 unspecified atom stereocenters. The third kappa shape index (κ3) is 2.53. The third-order valence-electron chi connectivity index (χ3n) is 2.86. The van der Waals surface area contributed by atoms with E-state index in [0.29, 0.717) is 6.42 Å². The molecule has 0 radical (unpaired) electrons. The Morgan fingerprint density at radius 3 is 3.20 bits per heavy atom. The Kier molecular flexibility index (Phi) is 3.31. The van der Waals surface area contributed by atoms with Crippen LogP contribution in [0.25, 0.3) is 0 Å². The molecule has 1 aromatic heterocycles. The standard InChI is InChI=1S/C12H17FN2/c1-10-7-11-9-15(5-2-4-13)6-3-12(11)14-8-10/h7-8H,2-6,9H2,1H3. The highest BCUT2D eigenvalue weighted by atomic mass is 19.1. The average molecular weight is 208 g/mol. The molecule has 0 amide bonds. The Balaban J connectivity index is 2.05. The van der Waals surface area contributed by atoms with E-state index in [1.807, 2.05) is 6.20 Å². The van der Waals surface area contributed by atoms with Gasteiger partial charge in [-0.25, -0.2) is 0 Å². The molecule has 0 saturated carbocycles. The van der Waals surface area contributed by atoms with Crippen molar-refractivity contribution in [1.82, 2.24) is 9.88 Å². The number of rotatable bonds is 3. The van der Waals surface area contributed by atoms with E-state index in [2.05, 4.69) is 22.9 Å². The lowest BCUT2D eigenvalue weighted by atomic mass is 10.0. The summed E-state index contributed by atoms with van der Waals surface area (Å²) in [5, 5.41) is 0. The van der Waals surface area contributed by atoms with Gasteiger partial charge in [0.2, 0.25) is 0 Å². The van der Waals surface area contributed by atoms with E-state index in [9.17, 15) is 4.39 Å². The lowest BCUT2D eigenvalue weighted by Crippen LogP contribution is -2.32. The third-order valence-corrected chi connectivity index (χ3v) is 2.86. The Bertz CT molecular complexity index is 338. The van der Waals surface area contributed by atoms with Crippen LogP contribution in [-0.2, 0) is 13.0 Å². The van der Waals surface area contributed by atoms with Crippen molar-refractivity contribution >= 4 is 0 Å². The maximum atomic E-state index is 12.1. The lowest BCUT2D eigenvalue weighted by Gasteiger charge is -2.27. The Morgan fingerprint density at radius 1 is 1.53 bits per heavy atom. The molecule has 0 fully saturated rings. The first kappa shape index (κ1) is 10.6. The van der Waals surface area contributed by atoms with Crippen LogP contribution in [0.3, 0.4) is 0 Å². The second-order valence-electron chi connectivity index (χ2n) is 4.19. The van der Waals surface area contributed by atoms with Crippen LogP contribution in [0.5, 0.6) is 0 Å². The van der Waals surface area contributed by atoms with E-state index in [1.54, 1.807) is 0 Å². The molecule has 0 N–H and O–H groups in total. The fraction of sp³-hybridized carbons (Fsp3) is 0.583. The quantitative estimate of drug-likeness (QED) is 0.756. The van der Waals surface area contributed by atoms with Crippen LogP contribution in [0, 0.1) is 6.92 Å². The van der Waals surface area contributed by atoms with Crippen molar-refractivity contribution in [2.24, 2.45) is 0 Å². The zero-order chi connectivity index (χ0) is 10.7. The zero-order valence-electron chi connectivity index (χ0n) is 9.17. The summed E-state index contributed by atoms with van der Waals surface area (Å²) in [4.78, 5) is 6.74. The van der Waals surface area contributed by atoms with Gasteiger partial charge in [0.15, 0.2) is 0 Å². The summed E-state index contributed by atoms with van der Waals surface area (Å²) in [6.07, 6.45) is 3.58. The first-order valence-electron chi connectivity index (χ1n) is 5.52. The van der Waals surface area contributed by atoms with Gasteiger partial charge in [0.25, 0.3) is 0 Å². The summed E-state index contributed by atoms with van der Waals surface area (Å²) >= 11 is 0. The van der Waals surface area contributed by atoms with Crippen LogP contribution in [0.1, 0.15) is 23.2 Å². The van der Waals surface area contributed by atoms with Crippen molar-refractivity contribution in [3.8, 4) is 0 Å². The molecule has 2 rings (SSSR count). The predicted octanol–water partition coefficient (Wildman–Crippen LogP) is 2.11. The summed E-state index contributed by atoms with van der Waals surface area (Å²) in [6, 6.07) is 2.20. The molecule has 0 spiro atoms. The minimum Gasteiger partial charge on any atom is -0.299 e. The van der Waals surface area contributed by atoms with Gasteiger partial charge in [-0.1, -0.05) is 6.07 Å². The summed E-state index contributed by atoms with van der Waals surface area (Å²) in [6.45, 7) is 4.67. The molecular formula is C12H17FN2. The van der Waals surface area contributed by atoms with Crippen LogP contribution >= 0.6 is 0 Å². The molecule has 0 bridgehead atoms. The molecule has 0 aromatic carbocycles. The molecule has 15 heavy (non-hydrogen) atoms. The minimum atomic E-state index is -0.213. The Labute approximate surface area is 90.1 Å². The van der Waals surface area contributed by atoms with Gasteiger partial charge in [0.1, 0.15) is 0 Å². The molecule has 1 aromatic rings. The fourth-order valence-electron chi connectivity index (χ4n) is 2.08.